The molecular weight excluding hydrogens is 583 g/mol. The molecule has 4 rings (SSSR count). The van der Waals surface area contributed by atoms with E-state index in [-0.39, 0.29) is 53.4 Å². The molecule has 0 amide bonds. The number of aryl methyl sites for hydroxylation is 1. The minimum absolute atomic E-state index is 0. The van der Waals surface area contributed by atoms with Crippen molar-refractivity contribution in [3.63, 3.8) is 0 Å². The average Bonchev–Trinajstić information content (AvgIpc) is 2.83. The Morgan fingerprint density at radius 2 is 1.59 bits per heavy atom. The molecule has 1 aliphatic heterocycles. The number of pyridine rings is 1. The molecule has 1 unspecified atom stereocenters. The van der Waals surface area contributed by atoms with E-state index in [0.29, 0.717) is 28.7 Å². The maximum atomic E-state index is 12.8. The quantitative estimate of drug-likeness (QED) is 0.325. The Morgan fingerprint density at radius 3 is 2.15 bits per heavy atom. The van der Waals surface area contributed by atoms with Gasteiger partial charge in [-0.25, -0.2) is 18.2 Å². The van der Waals surface area contributed by atoms with Crippen LogP contribution in [0.25, 0.3) is 10.9 Å². The van der Waals surface area contributed by atoms with Gasteiger partial charge in [-0.3, -0.25) is 9.62 Å². The van der Waals surface area contributed by atoms with Crippen LogP contribution in [0.4, 0.5) is 11.5 Å². The number of hydrogen-bond acceptors (Lipinski definition) is 6. The molecule has 1 saturated heterocycles. The topological polar surface area (TPSA) is 103 Å². The molecule has 2 heterocycles. The first-order chi connectivity index (χ1) is 17.0. The van der Waals surface area contributed by atoms with E-state index in [2.05, 4.69) is 35.3 Å². The highest BCUT2D eigenvalue weighted by Crippen LogP contribution is 2.28. The normalized spacial score (nSPS) is 14.6. The molecule has 3 aromatic rings. The van der Waals surface area contributed by atoms with Crippen molar-refractivity contribution in [3.8, 4) is 0 Å². The van der Waals surface area contributed by atoms with Crippen molar-refractivity contribution in [2.24, 2.45) is 5.92 Å². The van der Waals surface area contributed by atoms with E-state index in [1.807, 2.05) is 6.92 Å². The van der Waals surface area contributed by atoms with Gasteiger partial charge in [0.1, 0.15) is 5.82 Å². The zero-order valence-electron chi connectivity index (χ0n) is 22.5. The second-order valence-corrected chi connectivity index (χ2v) is 11.7. The van der Waals surface area contributed by atoms with Gasteiger partial charge < -0.3 is 10.0 Å². The number of carbonyl (C=O) groups is 1. The lowest BCUT2D eigenvalue weighted by Gasteiger charge is -2.39. The number of nitrogens with one attached hydrogen (secondary N) is 1. The number of nitrogens with zero attached hydrogens (tertiary/aromatic N) is 3. The van der Waals surface area contributed by atoms with Crippen molar-refractivity contribution in [3.05, 3.63) is 59.7 Å². The van der Waals surface area contributed by atoms with Crippen LogP contribution in [0.3, 0.4) is 0 Å². The maximum Gasteiger partial charge on any atom is 0.336 e. The summed E-state index contributed by atoms with van der Waals surface area (Å²) in [5, 5.41) is 10.3. The minimum atomic E-state index is -3.81. The number of benzene rings is 2. The van der Waals surface area contributed by atoms with Crippen LogP contribution in [0, 0.1) is 12.8 Å². The number of rotatable bonds is 8. The zero-order chi connectivity index (χ0) is 26.0. The predicted molar refractivity (Wildman–Crippen MR) is 165 cm³/mol. The Bertz CT molecular complexity index is 1360. The third kappa shape index (κ3) is 8.35. The van der Waals surface area contributed by atoms with Gasteiger partial charge in [0, 0.05) is 43.3 Å². The van der Waals surface area contributed by atoms with Gasteiger partial charge in [0.05, 0.1) is 16.0 Å². The van der Waals surface area contributed by atoms with E-state index in [0.717, 1.165) is 38.2 Å². The molecule has 39 heavy (non-hydrogen) atoms. The number of hydrogen-bond donors (Lipinski definition) is 2. The molecule has 1 aromatic heterocycles. The third-order valence-corrected chi connectivity index (χ3v) is 8.08. The Balaban J connectivity index is 0.00000253. The highest BCUT2D eigenvalue weighted by molar-refractivity contribution is 7.92. The van der Waals surface area contributed by atoms with Gasteiger partial charge in [0.25, 0.3) is 10.0 Å². The summed E-state index contributed by atoms with van der Waals surface area (Å²) in [7, 11) is -3.81. The first kappa shape index (κ1) is 34.7. The van der Waals surface area contributed by atoms with Crippen molar-refractivity contribution in [2.45, 2.75) is 45.1 Å². The average molecular weight is 620 g/mol. The van der Waals surface area contributed by atoms with Crippen LogP contribution in [0.1, 0.15) is 43.1 Å². The lowest BCUT2D eigenvalue weighted by Crippen LogP contribution is -2.50. The summed E-state index contributed by atoms with van der Waals surface area (Å²) in [4.78, 5) is 21.6. The summed E-state index contributed by atoms with van der Waals surface area (Å²) in [6.07, 6.45) is 1.15. The molecule has 1 fully saturated rings. The van der Waals surface area contributed by atoms with E-state index in [4.69, 9.17) is 4.98 Å². The molecule has 0 bridgehead atoms. The van der Waals surface area contributed by atoms with Crippen molar-refractivity contribution in [2.75, 3.05) is 35.8 Å². The van der Waals surface area contributed by atoms with Crippen LogP contribution in [0.15, 0.2) is 53.4 Å². The van der Waals surface area contributed by atoms with Crippen molar-refractivity contribution < 1.29 is 18.3 Å². The highest BCUT2D eigenvalue weighted by atomic mass is 35.5. The lowest BCUT2D eigenvalue weighted by atomic mass is 10.0. The molecule has 1 atom stereocenters. The number of carboxylic acids is 1. The number of fused-ring (bicyclic) bond motifs is 1. The maximum absolute atomic E-state index is 12.8. The highest BCUT2D eigenvalue weighted by Gasteiger charge is 2.24. The van der Waals surface area contributed by atoms with Gasteiger partial charge in [0.2, 0.25) is 0 Å². The molecule has 0 saturated carbocycles. The SMILES string of the molecule is Cc1ccc(S(=O)(=O)Nc2ccc3nc(N4CCN(C(C)CC(C)C)CC4)cc(C(=O)O)c3c2)cc1.Cl.Cl.Cl. The summed E-state index contributed by atoms with van der Waals surface area (Å²) in [5.74, 6) is 0.194. The van der Waals surface area contributed by atoms with Gasteiger partial charge >= 0.3 is 5.97 Å². The number of carboxylic acid groups (broad SMARTS) is 1. The summed E-state index contributed by atoms with van der Waals surface area (Å²) >= 11 is 0. The Hall–Kier alpha value is -2.30. The van der Waals surface area contributed by atoms with Gasteiger partial charge in [0.15, 0.2) is 0 Å². The monoisotopic (exact) mass is 618 g/mol. The third-order valence-electron chi connectivity index (χ3n) is 6.68. The van der Waals surface area contributed by atoms with Crippen molar-refractivity contribution in [1.29, 1.82) is 0 Å². The molecule has 1 aliphatic rings. The second-order valence-electron chi connectivity index (χ2n) is 9.99. The fourth-order valence-corrected chi connectivity index (χ4v) is 5.82. The first-order valence-electron chi connectivity index (χ1n) is 12.3. The number of anilines is 2. The van der Waals surface area contributed by atoms with E-state index >= 15 is 0 Å². The number of sulfonamides is 1. The van der Waals surface area contributed by atoms with Crippen molar-refractivity contribution in [1.82, 2.24) is 9.88 Å². The second kappa shape index (κ2) is 14.4. The largest absolute Gasteiger partial charge is 0.478 e. The van der Waals surface area contributed by atoms with Crippen LogP contribution in [0.5, 0.6) is 0 Å². The van der Waals surface area contributed by atoms with Crippen LogP contribution >= 0.6 is 37.2 Å². The molecule has 0 spiro atoms. The number of halogens is 3. The van der Waals surface area contributed by atoms with Crippen LogP contribution in [-0.2, 0) is 10.0 Å². The summed E-state index contributed by atoms with van der Waals surface area (Å²) in [6, 6.07) is 13.5. The van der Waals surface area contributed by atoms with Crippen molar-refractivity contribution >= 4 is 75.6 Å². The molecular formula is C27H37Cl3N4O4S. The van der Waals surface area contributed by atoms with Gasteiger partial charge in [-0.1, -0.05) is 31.5 Å². The molecule has 2 aromatic carbocycles. The predicted octanol–water partition coefficient (Wildman–Crippen LogP) is 5.86. The number of piperazine rings is 1. The van der Waals surface area contributed by atoms with Gasteiger partial charge in [-0.15, -0.1) is 37.2 Å². The van der Waals surface area contributed by atoms with Crippen LogP contribution in [-0.4, -0.2) is 61.6 Å². The number of aromatic carboxylic acids is 1. The van der Waals surface area contributed by atoms with E-state index < -0.39 is 16.0 Å². The van der Waals surface area contributed by atoms with Crippen LogP contribution in [0.2, 0.25) is 0 Å². The zero-order valence-corrected chi connectivity index (χ0v) is 25.7. The molecule has 8 nitrogen and oxygen atoms in total. The minimum Gasteiger partial charge on any atom is -0.478 e. The molecule has 12 heteroatoms. The molecule has 216 valence electrons. The number of aromatic nitrogens is 1. The Kier molecular flexibility index (Phi) is 12.8. The van der Waals surface area contributed by atoms with E-state index in [9.17, 15) is 18.3 Å². The van der Waals surface area contributed by atoms with E-state index in [1.54, 1.807) is 42.5 Å². The lowest BCUT2D eigenvalue weighted by molar-refractivity contribution is 0.0699. The van der Waals surface area contributed by atoms with E-state index in [1.165, 1.54) is 6.07 Å². The summed E-state index contributed by atoms with van der Waals surface area (Å²) in [6.45, 7) is 12.0. The smallest absolute Gasteiger partial charge is 0.336 e. The fourth-order valence-electron chi connectivity index (χ4n) is 4.77. The Labute approximate surface area is 249 Å². The fraction of sp³-hybridized carbons (Fsp3) is 0.407. The summed E-state index contributed by atoms with van der Waals surface area (Å²) in [5.41, 5.74) is 1.85. The molecule has 2 N–H and O–H groups in total. The standard InChI is InChI=1S/C27H34N4O4S.3ClH/c1-18(2)15-20(4)30-11-13-31(14-12-30)26-17-24(27(32)33)23-16-21(7-10-25(23)28-26)29-36(34,35)22-8-5-19(3)6-9-22;;;/h5-10,16-18,20,29H,11-15H2,1-4H3,(H,32,33);3*1H. The molecule has 0 radical (unpaired) electrons. The summed E-state index contributed by atoms with van der Waals surface area (Å²) < 4.78 is 28.2. The van der Waals surface area contributed by atoms with Crippen LogP contribution < -0.4 is 9.62 Å². The van der Waals surface area contributed by atoms with Gasteiger partial charge in [-0.2, -0.15) is 0 Å². The Morgan fingerprint density at radius 1 is 0.974 bits per heavy atom. The van der Waals surface area contributed by atoms with Gasteiger partial charge in [-0.05, 0) is 62.6 Å². The molecule has 0 aliphatic carbocycles. The first-order valence-corrected chi connectivity index (χ1v) is 13.8.